The summed E-state index contributed by atoms with van der Waals surface area (Å²) in [4.78, 5) is 18.9. The molecule has 6 nitrogen and oxygen atoms in total. The van der Waals surface area contributed by atoms with Gasteiger partial charge in [0.1, 0.15) is 0 Å². The normalized spacial score (nSPS) is 16.5. The van der Waals surface area contributed by atoms with Gasteiger partial charge in [-0.3, -0.25) is 20.0 Å². The van der Waals surface area contributed by atoms with Crippen molar-refractivity contribution in [1.29, 1.82) is 0 Å². The third-order valence-corrected chi connectivity index (χ3v) is 3.54. The predicted octanol–water partition coefficient (Wildman–Crippen LogP) is 2.49. The zero-order valence-electron chi connectivity index (χ0n) is 12.5. The molecule has 1 aliphatic heterocycles. The number of allylic oxidation sites excluding steroid dienone is 1. The maximum Gasteiger partial charge on any atom is 0.269 e. The second kappa shape index (κ2) is 8.09. The van der Waals surface area contributed by atoms with Crippen molar-refractivity contribution in [3.05, 3.63) is 59.3 Å². The van der Waals surface area contributed by atoms with Crippen LogP contribution in [0.2, 0.25) is 0 Å². The van der Waals surface area contributed by atoms with Crippen molar-refractivity contribution in [1.82, 2.24) is 4.90 Å². The van der Waals surface area contributed by atoms with E-state index in [1.54, 1.807) is 30.6 Å². The lowest BCUT2D eigenvalue weighted by molar-refractivity contribution is -0.384. The van der Waals surface area contributed by atoms with Crippen molar-refractivity contribution < 1.29 is 4.92 Å². The Morgan fingerprint density at radius 2 is 1.91 bits per heavy atom. The average Bonchev–Trinajstić information content (AvgIpc) is 2.55. The SMILES string of the molecule is C=CC=N/C=C\CN1CCN(c2ccc([N+](=O)[O-])cc2)CC1. The van der Waals surface area contributed by atoms with E-state index in [0.29, 0.717) is 0 Å². The molecule has 2 rings (SSSR count). The molecule has 0 aromatic heterocycles. The molecule has 1 aromatic carbocycles. The molecule has 0 atom stereocenters. The number of piperazine rings is 1. The van der Waals surface area contributed by atoms with Gasteiger partial charge in [0.25, 0.3) is 5.69 Å². The molecule has 0 aliphatic carbocycles. The van der Waals surface area contributed by atoms with E-state index >= 15 is 0 Å². The van der Waals surface area contributed by atoms with E-state index in [0.717, 1.165) is 38.4 Å². The Morgan fingerprint density at radius 3 is 2.50 bits per heavy atom. The second-order valence-electron chi connectivity index (χ2n) is 4.98. The van der Waals surface area contributed by atoms with Gasteiger partial charge in [0.15, 0.2) is 0 Å². The number of nitrogens with zero attached hydrogens (tertiary/aromatic N) is 4. The van der Waals surface area contributed by atoms with Crippen molar-refractivity contribution in [2.24, 2.45) is 4.99 Å². The number of benzene rings is 1. The topological polar surface area (TPSA) is 62.0 Å². The molecule has 0 N–H and O–H groups in total. The summed E-state index contributed by atoms with van der Waals surface area (Å²) in [5.41, 5.74) is 1.17. The number of hydrogen-bond acceptors (Lipinski definition) is 5. The van der Waals surface area contributed by atoms with Gasteiger partial charge in [0, 0.05) is 63.0 Å². The Kier molecular flexibility index (Phi) is 5.85. The predicted molar refractivity (Wildman–Crippen MR) is 89.6 cm³/mol. The first-order chi connectivity index (χ1) is 10.7. The molecule has 22 heavy (non-hydrogen) atoms. The van der Waals surface area contributed by atoms with E-state index in [2.05, 4.69) is 21.4 Å². The first-order valence-electron chi connectivity index (χ1n) is 7.21. The number of rotatable bonds is 6. The van der Waals surface area contributed by atoms with Gasteiger partial charge in [-0.15, -0.1) is 0 Å². The summed E-state index contributed by atoms with van der Waals surface area (Å²) in [6, 6.07) is 6.75. The number of hydrogen-bond donors (Lipinski definition) is 0. The largest absolute Gasteiger partial charge is 0.369 e. The van der Waals surface area contributed by atoms with Crippen molar-refractivity contribution in [3.63, 3.8) is 0 Å². The molecule has 1 aromatic rings. The average molecular weight is 300 g/mol. The standard InChI is InChI=1S/C16H20N4O2/c1-2-8-17-9-3-10-18-11-13-19(14-12-18)15-4-6-16(7-5-15)20(21)22/h2-9H,1,10-14H2/b9-3-,17-8?. The number of non-ortho nitro benzene ring substituents is 1. The highest BCUT2D eigenvalue weighted by atomic mass is 16.6. The number of nitro groups is 1. The van der Waals surface area contributed by atoms with Crippen molar-refractivity contribution in [2.75, 3.05) is 37.6 Å². The van der Waals surface area contributed by atoms with Crippen molar-refractivity contribution >= 4 is 17.6 Å². The Balaban J connectivity index is 1.81. The Morgan fingerprint density at radius 1 is 1.23 bits per heavy atom. The first kappa shape index (κ1) is 15.9. The van der Waals surface area contributed by atoms with Crippen molar-refractivity contribution in [2.45, 2.75) is 0 Å². The maximum atomic E-state index is 10.7. The van der Waals surface area contributed by atoms with Gasteiger partial charge >= 0.3 is 0 Å². The molecule has 0 unspecified atom stereocenters. The van der Waals surface area contributed by atoms with Gasteiger partial charge in [-0.1, -0.05) is 18.7 Å². The van der Waals surface area contributed by atoms with E-state index in [9.17, 15) is 10.1 Å². The van der Waals surface area contributed by atoms with Crippen LogP contribution in [0.5, 0.6) is 0 Å². The first-order valence-corrected chi connectivity index (χ1v) is 7.21. The highest BCUT2D eigenvalue weighted by molar-refractivity contribution is 5.70. The molecule has 0 radical (unpaired) electrons. The van der Waals surface area contributed by atoms with E-state index in [4.69, 9.17) is 0 Å². The van der Waals surface area contributed by atoms with Gasteiger partial charge in [-0.25, -0.2) is 0 Å². The summed E-state index contributed by atoms with van der Waals surface area (Å²) < 4.78 is 0. The summed E-state index contributed by atoms with van der Waals surface area (Å²) in [5, 5.41) is 10.7. The van der Waals surface area contributed by atoms with Gasteiger partial charge in [-0.05, 0) is 12.1 Å². The van der Waals surface area contributed by atoms with Crippen LogP contribution in [0.3, 0.4) is 0 Å². The second-order valence-corrected chi connectivity index (χ2v) is 4.98. The van der Waals surface area contributed by atoms with Gasteiger partial charge in [-0.2, -0.15) is 0 Å². The fourth-order valence-corrected chi connectivity index (χ4v) is 2.34. The van der Waals surface area contributed by atoms with Crippen LogP contribution in [0.4, 0.5) is 11.4 Å². The van der Waals surface area contributed by atoms with E-state index < -0.39 is 0 Å². The lowest BCUT2D eigenvalue weighted by atomic mass is 10.2. The van der Waals surface area contributed by atoms with Crippen LogP contribution < -0.4 is 4.90 Å². The molecule has 0 spiro atoms. The molecule has 0 bridgehead atoms. The van der Waals surface area contributed by atoms with E-state index in [-0.39, 0.29) is 10.6 Å². The zero-order valence-corrected chi connectivity index (χ0v) is 12.5. The van der Waals surface area contributed by atoms with Crippen LogP contribution in [0.15, 0.2) is 54.2 Å². The molecular formula is C16H20N4O2. The minimum absolute atomic E-state index is 0.132. The molecule has 0 saturated carbocycles. The molecule has 1 fully saturated rings. The number of aliphatic imine (C=N–C) groups is 1. The fraction of sp³-hybridized carbons (Fsp3) is 0.312. The summed E-state index contributed by atoms with van der Waals surface area (Å²) in [7, 11) is 0. The Bertz CT molecular complexity index is 558. The Hall–Kier alpha value is -2.47. The highest BCUT2D eigenvalue weighted by Crippen LogP contribution is 2.20. The smallest absolute Gasteiger partial charge is 0.269 e. The number of nitro benzene ring substituents is 1. The minimum atomic E-state index is -0.372. The molecule has 0 amide bonds. The van der Waals surface area contributed by atoms with Crippen LogP contribution in [-0.4, -0.2) is 48.8 Å². The molecule has 1 aliphatic rings. The third kappa shape index (κ3) is 4.53. The fourth-order valence-electron chi connectivity index (χ4n) is 2.34. The molecule has 1 saturated heterocycles. The Labute approximate surface area is 130 Å². The third-order valence-electron chi connectivity index (χ3n) is 3.54. The van der Waals surface area contributed by atoms with Gasteiger partial charge in [0.05, 0.1) is 4.92 Å². The van der Waals surface area contributed by atoms with Gasteiger partial charge < -0.3 is 4.90 Å². The van der Waals surface area contributed by atoms with E-state index in [1.165, 1.54) is 0 Å². The molecule has 116 valence electrons. The summed E-state index contributed by atoms with van der Waals surface area (Å²) in [6.45, 7) is 8.21. The molecule has 6 heteroatoms. The van der Waals surface area contributed by atoms with Gasteiger partial charge in [0.2, 0.25) is 0 Å². The van der Waals surface area contributed by atoms with E-state index in [1.807, 2.05) is 18.2 Å². The summed E-state index contributed by atoms with van der Waals surface area (Å²) in [5.74, 6) is 0. The van der Waals surface area contributed by atoms with Crippen LogP contribution in [0.1, 0.15) is 0 Å². The maximum absolute atomic E-state index is 10.7. The summed E-state index contributed by atoms with van der Waals surface area (Å²) >= 11 is 0. The van der Waals surface area contributed by atoms with Crippen LogP contribution in [-0.2, 0) is 0 Å². The van der Waals surface area contributed by atoms with Crippen LogP contribution in [0.25, 0.3) is 0 Å². The highest BCUT2D eigenvalue weighted by Gasteiger charge is 2.16. The molecule has 1 heterocycles. The lowest BCUT2D eigenvalue weighted by Gasteiger charge is -2.35. The lowest BCUT2D eigenvalue weighted by Crippen LogP contribution is -2.46. The minimum Gasteiger partial charge on any atom is -0.369 e. The number of anilines is 1. The van der Waals surface area contributed by atoms with Crippen LogP contribution >= 0.6 is 0 Å². The summed E-state index contributed by atoms with van der Waals surface area (Å²) in [6.07, 6.45) is 7.11. The monoisotopic (exact) mass is 300 g/mol. The quantitative estimate of drug-likeness (QED) is 0.460. The molecular weight excluding hydrogens is 280 g/mol. The van der Waals surface area contributed by atoms with Crippen LogP contribution in [0, 0.1) is 10.1 Å². The zero-order chi connectivity index (χ0) is 15.8. The van der Waals surface area contributed by atoms with Crippen molar-refractivity contribution in [3.8, 4) is 0 Å².